The van der Waals surface area contributed by atoms with Gasteiger partial charge in [0.2, 0.25) is 0 Å². The number of hydrogen-bond donors (Lipinski definition) is 0. The lowest BCUT2D eigenvalue weighted by atomic mass is 10.00. The van der Waals surface area contributed by atoms with E-state index in [1.165, 1.54) is 0 Å². The molecule has 0 bridgehead atoms. The molecule has 1 fully saturated rings. The summed E-state index contributed by atoms with van der Waals surface area (Å²) in [7, 11) is 0. The Hall–Kier alpha value is -1.35. The normalized spacial score (nSPS) is 24.1. The highest BCUT2D eigenvalue weighted by Gasteiger charge is 2.30. The zero-order valence-corrected chi connectivity index (χ0v) is 11.4. The van der Waals surface area contributed by atoms with Crippen molar-refractivity contribution in [2.75, 3.05) is 24.6 Å². The van der Waals surface area contributed by atoms with Crippen LogP contribution in [0, 0.1) is 6.92 Å². The van der Waals surface area contributed by atoms with Gasteiger partial charge in [-0.3, -0.25) is 4.79 Å². The summed E-state index contributed by atoms with van der Waals surface area (Å²) in [4.78, 5) is 13.2. The molecular weight excluding hydrogens is 226 g/mol. The third-order valence-corrected chi connectivity index (χ3v) is 3.67. The molecule has 1 atom stereocenters. The van der Waals surface area contributed by atoms with Crippen molar-refractivity contribution in [3.8, 4) is 0 Å². The standard InChI is InChI=1S/C15H21NO2/c1-4-15(3)11-16(5-6-18-15)14-8-12(2)7-13(9-14)10-17/h7-10H,4-6,11H2,1-3H3. The monoisotopic (exact) mass is 247 g/mol. The van der Waals surface area contributed by atoms with Crippen molar-refractivity contribution < 1.29 is 9.53 Å². The Morgan fingerprint density at radius 2 is 2.22 bits per heavy atom. The molecule has 0 amide bonds. The summed E-state index contributed by atoms with van der Waals surface area (Å²) < 4.78 is 5.84. The van der Waals surface area contributed by atoms with Crippen LogP contribution in [0.5, 0.6) is 0 Å². The second-order valence-electron chi connectivity index (χ2n) is 5.29. The van der Waals surface area contributed by atoms with Gasteiger partial charge in [-0.25, -0.2) is 0 Å². The Morgan fingerprint density at radius 3 is 2.89 bits per heavy atom. The van der Waals surface area contributed by atoms with E-state index in [0.717, 1.165) is 49.2 Å². The maximum Gasteiger partial charge on any atom is 0.150 e. The summed E-state index contributed by atoms with van der Waals surface area (Å²) in [6.45, 7) is 8.83. The van der Waals surface area contributed by atoms with Gasteiger partial charge in [-0.2, -0.15) is 0 Å². The molecular formula is C15H21NO2. The number of carbonyl (C=O) groups is 1. The zero-order valence-electron chi connectivity index (χ0n) is 11.4. The zero-order chi connectivity index (χ0) is 13.2. The van der Waals surface area contributed by atoms with Gasteiger partial charge in [-0.1, -0.05) is 6.92 Å². The highest BCUT2D eigenvalue weighted by Crippen LogP contribution is 2.26. The van der Waals surface area contributed by atoms with Gasteiger partial charge in [-0.15, -0.1) is 0 Å². The van der Waals surface area contributed by atoms with E-state index in [1.54, 1.807) is 0 Å². The first-order chi connectivity index (χ1) is 8.56. The first kappa shape index (κ1) is 13.1. The van der Waals surface area contributed by atoms with E-state index < -0.39 is 0 Å². The number of rotatable bonds is 3. The molecule has 0 aromatic heterocycles. The van der Waals surface area contributed by atoms with Crippen LogP contribution in [0.15, 0.2) is 18.2 Å². The molecule has 1 heterocycles. The lowest BCUT2D eigenvalue weighted by Crippen LogP contribution is -2.49. The van der Waals surface area contributed by atoms with Crippen molar-refractivity contribution in [2.45, 2.75) is 32.8 Å². The molecule has 0 spiro atoms. The molecule has 1 aliphatic heterocycles. The van der Waals surface area contributed by atoms with Gasteiger partial charge in [0, 0.05) is 24.3 Å². The van der Waals surface area contributed by atoms with E-state index in [-0.39, 0.29) is 5.60 Å². The largest absolute Gasteiger partial charge is 0.372 e. The number of ether oxygens (including phenoxy) is 1. The lowest BCUT2D eigenvalue weighted by molar-refractivity contribution is -0.0441. The Morgan fingerprint density at radius 1 is 1.44 bits per heavy atom. The first-order valence-corrected chi connectivity index (χ1v) is 6.52. The number of anilines is 1. The van der Waals surface area contributed by atoms with E-state index in [0.29, 0.717) is 0 Å². The number of carbonyl (C=O) groups excluding carboxylic acids is 1. The van der Waals surface area contributed by atoms with Crippen molar-refractivity contribution in [2.24, 2.45) is 0 Å². The van der Waals surface area contributed by atoms with Crippen LogP contribution in [-0.2, 0) is 4.74 Å². The van der Waals surface area contributed by atoms with Gasteiger partial charge in [0.15, 0.2) is 0 Å². The quantitative estimate of drug-likeness (QED) is 0.769. The molecule has 0 aliphatic carbocycles. The summed E-state index contributed by atoms with van der Waals surface area (Å²) >= 11 is 0. The lowest BCUT2D eigenvalue weighted by Gasteiger charge is -2.41. The number of hydrogen-bond acceptors (Lipinski definition) is 3. The minimum Gasteiger partial charge on any atom is -0.372 e. The third kappa shape index (κ3) is 2.72. The Kier molecular flexibility index (Phi) is 3.71. The van der Waals surface area contributed by atoms with Crippen LogP contribution in [0.4, 0.5) is 5.69 Å². The van der Waals surface area contributed by atoms with Crippen LogP contribution in [0.2, 0.25) is 0 Å². The van der Waals surface area contributed by atoms with E-state index >= 15 is 0 Å². The highest BCUT2D eigenvalue weighted by molar-refractivity contribution is 5.77. The molecule has 1 aromatic carbocycles. The number of aldehydes is 1. The van der Waals surface area contributed by atoms with Gasteiger partial charge in [-0.05, 0) is 44.0 Å². The predicted molar refractivity (Wildman–Crippen MR) is 73.4 cm³/mol. The summed E-state index contributed by atoms with van der Waals surface area (Å²) in [6, 6.07) is 6.01. The van der Waals surface area contributed by atoms with Crippen LogP contribution in [0.3, 0.4) is 0 Å². The fourth-order valence-electron chi connectivity index (χ4n) is 2.41. The Balaban J connectivity index is 2.25. The molecule has 3 nitrogen and oxygen atoms in total. The molecule has 3 heteroatoms. The van der Waals surface area contributed by atoms with Gasteiger partial charge in [0.1, 0.15) is 6.29 Å². The smallest absolute Gasteiger partial charge is 0.150 e. The number of aryl methyl sites for hydroxylation is 1. The van der Waals surface area contributed by atoms with Crippen molar-refractivity contribution >= 4 is 12.0 Å². The molecule has 1 unspecified atom stereocenters. The van der Waals surface area contributed by atoms with Gasteiger partial charge in [0.05, 0.1) is 12.2 Å². The number of morpholine rings is 1. The second kappa shape index (κ2) is 5.11. The molecule has 0 saturated carbocycles. The highest BCUT2D eigenvalue weighted by atomic mass is 16.5. The van der Waals surface area contributed by atoms with Gasteiger partial charge < -0.3 is 9.64 Å². The topological polar surface area (TPSA) is 29.5 Å². The fourth-order valence-corrected chi connectivity index (χ4v) is 2.41. The van der Waals surface area contributed by atoms with E-state index in [4.69, 9.17) is 4.74 Å². The van der Waals surface area contributed by atoms with E-state index in [2.05, 4.69) is 24.8 Å². The molecule has 18 heavy (non-hydrogen) atoms. The third-order valence-electron chi connectivity index (χ3n) is 3.67. The second-order valence-corrected chi connectivity index (χ2v) is 5.29. The maximum atomic E-state index is 10.9. The molecule has 2 rings (SSSR count). The first-order valence-electron chi connectivity index (χ1n) is 6.52. The molecule has 98 valence electrons. The average Bonchev–Trinajstić information content (AvgIpc) is 2.38. The van der Waals surface area contributed by atoms with Crippen LogP contribution < -0.4 is 4.90 Å². The van der Waals surface area contributed by atoms with Crippen LogP contribution >= 0.6 is 0 Å². The molecule has 1 saturated heterocycles. The molecule has 0 radical (unpaired) electrons. The average molecular weight is 247 g/mol. The van der Waals surface area contributed by atoms with Crippen molar-refractivity contribution in [1.29, 1.82) is 0 Å². The van der Waals surface area contributed by atoms with E-state index in [9.17, 15) is 4.79 Å². The van der Waals surface area contributed by atoms with Crippen molar-refractivity contribution in [3.05, 3.63) is 29.3 Å². The van der Waals surface area contributed by atoms with E-state index in [1.807, 2.05) is 19.1 Å². The Bertz CT molecular complexity index is 444. The van der Waals surface area contributed by atoms with Gasteiger partial charge >= 0.3 is 0 Å². The summed E-state index contributed by atoms with van der Waals surface area (Å²) in [5, 5.41) is 0. The minimum absolute atomic E-state index is 0.0800. The Labute approximate surface area is 109 Å². The van der Waals surface area contributed by atoms with Crippen molar-refractivity contribution in [3.63, 3.8) is 0 Å². The summed E-state index contributed by atoms with van der Waals surface area (Å²) in [6.07, 6.45) is 1.91. The SMILES string of the molecule is CCC1(C)CN(c2cc(C)cc(C=O)c2)CCO1. The summed E-state index contributed by atoms with van der Waals surface area (Å²) in [5.41, 5.74) is 2.91. The summed E-state index contributed by atoms with van der Waals surface area (Å²) in [5.74, 6) is 0. The van der Waals surface area contributed by atoms with Crippen LogP contribution in [0.25, 0.3) is 0 Å². The molecule has 0 N–H and O–H groups in total. The van der Waals surface area contributed by atoms with Crippen LogP contribution in [0.1, 0.15) is 36.2 Å². The minimum atomic E-state index is -0.0800. The van der Waals surface area contributed by atoms with Crippen molar-refractivity contribution in [1.82, 2.24) is 0 Å². The van der Waals surface area contributed by atoms with Gasteiger partial charge in [0.25, 0.3) is 0 Å². The number of benzene rings is 1. The van der Waals surface area contributed by atoms with Crippen LogP contribution in [-0.4, -0.2) is 31.6 Å². The predicted octanol–water partition coefficient (Wildman–Crippen LogP) is 2.81. The number of nitrogens with zero attached hydrogens (tertiary/aromatic N) is 1. The molecule has 1 aliphatic rings. The maximum absolute atomic E-state index is 10.9. The fraction of sp³-hybridized carbons (Fsp3) is 0.533. The molecule has 1 aromatic rings.